The van der Waals surface area contributed by atoms with Gasteiger partial charge in [-0.2, -0.15) is 11.8 Å². The molecule has 0 aromatic rings. The molecule has 1 saturated heterocycles. The average Bonchev–Trinajstić information content (AvgIpc) is 2.54. The van der Waals surface area contributed by atoms with Crippen LogP contribution in [0.1, 0.15) is 20.8 Å². The summed E-state index contributed by atoms with van der Waals surface area (Å²) < 4.78 is 5.24. The SMILES string of the molecule is CC(C)(C)OC(=O)N1C[C@@H](O)[C@H](SCCO)C1. The summed E-state index contributed by atoms with van der Waals surface area (Å²) in [4.78, 5) is 13.3. The number of carbonyl (C=O) groups excluding carboxylic acids is 1. The van der Waals surface area contributed by atoms with E-state index in [0.29, 0.717) is 18.8 Å². The molecule has 1 fully saturated rings. The normalized spacial score (nSPS) is 25.1. The van der Waals surface area contributed by atoms with E-state index in [1.165, 1.54) is 16.7 Å². The number of carbonyl (C=O) groups is 1. The van der Waals surface area contributed by atoms with Crippen molar-refractivity contribution in [2.75, 3.05) is 25.4 Å². The maximum absolute atomic E-state index is 11.8. The van der Waals surface area contributed by atoms with Crippen molar-refractivity contribution >= 4 is 17.9 Å². The number of aliphatic hydroxyl groups excluding tert-OH is 2. The number of aliphatic hydroxyl groups is 2. The van der Waals surface area contributed by atoms with Gasteiger partial charge >= 0.3 is 6.09 Å². The van der Waals surface area contributed by atoms with Crippen LogP contribution in [0.15, 0.2) is 0 Å². The maximum Gasteiger partial charge on any atom is 0.410 e. The molecule has 1 heterocycles. The zero-order chi connectivity index (χ0) is 13.1. The Bertz CT molecular complexity index is 267. The molecule has 0 bridgehead atoms. The Morgan fingerprint density at radius 1 is 1.47 bits per heavy atom. The van der Waals surface area contributed by atoms with E-state index in [1.54, 1.807) is 0 Å². The standard InChI is InChI=1S/C11H21NO4S/c1-11(2,3)16-10(15)12-6-8(14)9(7-12)17-5-4-13/h8-9,13-14H,4-7H2,1-3H3/t8-,9-/m1/s1. The molecule has 0 aromatic carbocycles. The van der Waals surface area contributed by atoms with Crippen LogP contribution in [0.2, 0.25) is 0 Å². The molecule has 2 atom stereocenters. The van der Waals surface area contributed by atoms with Gasteiger partial charge in [-0.05, 0) is 20.8 Å². The van der Waals surface area contributed by atoms with Gasteiger partial charge in [-0.3, -0.25) is 0 Å². The quantitative estimate of drug-likeness (QED) is 0.784. The summed E-state index contributed by atoms with van der Waals surface area (Å²) >= 11 is 1.48. The van der Waals surface area contributed by atoms with Crippen molar-refractivity contribution in [2.45, 2.75) is 37.7 Å². The molecule has 1 amide bonds. The lowest BCUT2D eigenvalue weighted by molar-refractivity contribution is 0.0270. The Kier molecular flexibility index (Phi) is 5.09. The molecule has 1 rings (SSSR count). The van der Waals surface area contributed by atoms with Crippen molar-refractivity contribution in [1.82, 2.24) is 4.90 Å². The van der Waals surface area contributed by atoms with E-state index in [0.717, 1.165) is 0 Å². The van der Waals surface area contributed by atoms with E-state index >= 15 is 0 Å². The average molecular weight is 263 g/mol. The van der Waals surface area contributed by atoms with Crippen molar-refractivity contribution in [3.8, 4) is 0 Å². The molecule has 0 aliphatic carbocycles. The van der Waals surface area contributed by atoms with Crippen LogP contribution in [0.3, 0.4) is 0 Å². The molecule has 0 unspecified atom stereocenters. The minimum Gasteiger partial charge on any atom is -0.444 e. The number of nitrogens with zero attached hydrogens (tertiary/aromatic N) is 1. The summed E-state index contributed by atoms with van der Waals surface area (Å²) in [7, 11) is 0. The van der Waals surface area contributed by atoms with E-state index in [4.69, 9.17) is 9.84 Å². The Balaban J connectivity index is 2.45. The number of hydrogen-bond acceptors (Lipinski definition) is 5. The first-order chi connectivity index (χ1) is 7.83. The van der Waals surface area contributed by atoms with Crippen molar-refractivity contribution < 1.29 is 19.7 Å². The van der Waals surface area contributed by atoms with Gasteiger partial charge in [0.2, 0.25) is 0 Å². The van der Waals surface area contributed by atoms with E-state index < -0.39 is 11.7 Å². The summed E-state index contributed by atoms with van der Waals surface area (Å²) in [6.45, 7) is 6.30. The second-order valence-corrected chi connectivity index (χ2v) is 6.43. The minimum atomic E-state index is -0.543. The first-order valence-electron chi connectivity index (χ1n) is 5.72. The molecule has 1 aliphatic rings. The first-order valence-corrected chi connectivity index (χ1v) is 6.77. The van der Waals surface area contributed by atoms with Gasteiger partial charge < -0.3 is 19.8 Å². The van der Waals surface area contributed by atoms with Gasteiger partial charge in [-0.25, -0.2) is 4.79 Å². The highest BCUT2D eigenvalue weighted by Crippen LogP contribution is 2.24. The second-order valence-electron chi connectivity index (χ2n) is 5.09. The lowest BCUT2D eigenvalue weighted by Crippen LogP contribution is -2.35. The highest BCUT2D eigenvalue weighted by Gasteiger charge is 2.36. The van der Waals surface area contributed by atoms with Gasteiger partial charge in [0.1, 0.15) is 5.60 Å². The van der Waals surface area contributed by atoms with Crippen LogP contribution >= 0.6 is 11.8 Å². The van der Waals surface area contributed by atoms with Gasteiger partial charge in [0.05, 0.1) is 24.5 Å². The number of rotatable bonds is 3. The van der Waals surface area contributed by atoms with Crippen LogP contribution in [0, 0.1) is 0 Å². The van der Waals surface area contributed by atoms with Gasteiger partial charge in [-0.1, -0.05) is 0 Å². The highest BCUT2D eigenvalue weighted by atomic mass is 32.2. The fraction of sp³-hybridized carbons (Fsp3) is 0.909. The summed E-state index contributed by atoms with van der Waals surface area (Å²) in [5, 5.41) is 18.5. The minimum absolute atomic E-state index is 0.0327. The molecule has 17 heavy (non-hydrogen) atoms. The molecule has 6 heteroatoms. The fourth-order valence-electron chi connectivity index (χ4n) is 1.60. The summed E-state index contributed by atoms with van der Waals surface area (Å²) in [5.41, 5.74) is -0.516. The molecule has 100 valence electrons. The van der Waals surface area contributed by atoms with Gasteiger partial charge in [0.15, 0.2) is 0 Å². The number of thioether (sulfide) groups is 1. The Morgan fingerprint density at radius 2 is 2.12 bits per heavy atom. The number of amides is 1. The van der Waals surface area contributed by atoms with Crippen LogP contribution < -0.4 is 0 Å². The van der Waals surface area contributed by atoms with Crippen molar-refractivity contribution in [3.05, 3.63) is 0 Å². The van der Waals surface area contributed by atoms with E-state index in [-0.39, 0.29) is 18.0 Å². The monoisotopic (exact) mass is 263 g/mol. The van der Waals surface area contributed by atoms with Crippen LogP contribution in [0.4, 0.5) is 4.79 Å². The predicted molar refractivity (Wildman–Crippen MR) is 67.1 cm³/mol. The fourth-order valence-corrected chi connectivity index (χ4v) is 2.60. The Morgan fingerprint density at radius 3 is 2.65 bits per heavy atom. The summed E-state index contributed by atoms with van der Waals surface area (Å²) in [5.74, 6) is 0.573. The van der Waals surface area contributed by atoms with Crippen LogP contribution in [0.5, 0.6) is 0 Å². The lowest BCUT2D eigenvalue weighted by Gasteiger charge is -2.24. The highest BCUT2D eigenvalue weighted by molar-refractivity contribution is 8.00. The van der Waals surface area contributed by atoms with Gasteiger partial charge in [0.25, 0.3) is 0 Å². The third-order valence-corrected chi connectivity index (χ3v) is 3.62. The first kappa shape index (κ1) is 14.6. The van der Waals surface area contributed by atoms with Crippen LogP contribution in [-0.2, 0) is 4.74 Å². The second kappa shape index (κ2) is 5.93. The van der Waals surface area contributed by atoms with Crippen molar-refractivity contribution in [2.24, 2.45) is 0 Å². The molecule has 0 radical (unpaired) electrons. The molecule has 0 saturated carbocycles. The maximum atomic E-state index is 11.8. The molecular formula is C11H21NO4S. The molecule has 2 N–H and O–H groups in total. The molecule has 0 aromatic heterocycles. The third kappa shape index (κ3) is 4.73. The summed E-state index contributed by atoms with van der Waals surface area (Å²) in [6, 6.07) is 0. The van der Waals surface area contributed by atoms with Gasteiger partial charge in [0, 0.05) is 12.3 Å². The number of β-amino-alcohol motifs (C(OH)–C–C–N with tert-alkyl or cyclic N) is 1. The molecule has 5 nitrogen and oxygen atoms in total. The Hall–Kier alpha value is -0.460. The molecule has 1 aliphatic heterocycles. The van der Waals surface area contributed by atoms with Crippen LogP contribution in [-0.4, -0.2) is 63.6 Å². The summed E-state index contributed by atoms with van der Waals surface area (Å²) in [6.07, 6.45) is -0.928. The van der Waals surface area contributed by atoms with Crippen molar-refractivity contribution in [3.63, 3.8) is 0 Å². The molecule has 0 spiro atoms. The number of hydrogen-bond donors (Lipinski definition) is 2. The predicted octanol–water partition coefficient (Wildman–Crippen LogP) is 0.692. The van der Waals surface area contributed by atoms with E-state index in [1.807, 2.05) is 20.8 Å². The Labute approximate surface area is 106 Å². The van der Waals surface area contributed by atoms with E-state index in [2.05, 4.69) is 0 Å². The zero-order valence-corrected chi connectivity index (χ0v) is 11.4. The lowest BCUT2D eigenvalue weighted by atomic mass is 10.2. The number of ether oxygens (including phenoxy) is 1. The molecular weight excluding hydrogens is 242 g/mol. The van der Waals surface area contributed by atoms with Gasteiger partial charge in [-0.15, -0.1) is 0 Å². The largest absolute Gasteiger partial charge is 0.444 e. The third-order valence-electron chi connectivity index (χ3n) is 2.31. The topological polar surface area (TPSA) is 70.0 Å². The smallest absolute Gasteiger partial charge is 0.410 e. The van der Waals surface area contributed by atoms with Crippen molar-refractivity contribution in [1.29, 1.82) is 0 Å². The zero-order valence-electron chi connectivity index (χ0n) is 10.5. The number of likely N-dealkylation sites (tertiary alicyclic amines) is 1. The van der Waals surface area contributed by atoms with E-state index in [9.17, 15) is 9.90 Å². The van der Waals surface area contributed by atoms with Crippen LogP contribution in [0.25, 0.3) is 0 Å².